The van der Waals surface area contributed by atoms with Gasteiger partial charge in [-0.15, -0.1) is 0 Å². The second-order valence-corrected chi connectivity index (χ2v) is 4.20. The van der Waals surface area contributed by atoms with Gasteiger partial charge in [-0.2, -0.15) is 10.2 Å². The van der Waals surface area contributed by atoms with E-state index in [1.807, 2.05) is 13.8 Å². The molecular weight excluding hydrogens is 246 g/mol. The van der Waals surface area contributed by atoms with Crippen molar-refractivity contribution in [2.75, 3.05) is 5.73 Å². The zero-order valence-corrected chi connectivity index (χ0v) is 10.7. The first-order chi connectivity index (χ1) is 9.09. The van der Waals surface area contributed by atoms with E-state index in [0.717, 1.165) is 0 Å². The van der Waals surface area contributed by atoms with Crippen molar-refractivity contribution in [3.8, 4) is 0 Å². The summed E-state index contributed by atoms with van der Waals surface area (Å²) in [6.07, 6.45) is 4.35. The number of aromatic nitrogens is 2. The number of nitrogens with two attached hydrogens (primary N) is 1. The molecule has 0 spiro atoms. The lowest BCUT2D eigenvalue weighted by Gasteiger charge is -2.07. The first-order valence-electron chi connectivity index (χ1n) is 5.79. The molecule has 2 aromatic heterocycles. The molecule has 0 bridgehead atoms. The highest BCUT2D eigenvalue weighted by molar-refractivity contribution is 5.98. The van der Waals surface area contributed by atoms with Crippen molar-refractivity contribution < 1.29 is 9.21 Å². The number of amides is 1. The molecule has 7 nitrogen and oxygen atoms in total. The molecule has 3 N–H and O–H groups in total. The lowest BCUT2D eigenvalue weighted by atomic mass is 10.3. The molecule has 0 aliphatic carbocycles. The number of rotatable bonds is 4. The zero-order chi connectivity index (χ0) is 13.8. The van der Waals surface area contributed by atoms with E-state index in [-0.39, 0.29) is 6.04 Å². The second kappa shape index (κ2) is 5.38. The number of nitrogen functional groups attached to an aromatic ring is 1. The van der Waals surface area contributed by atoms with Crippen LogP contribution in [0.15, 0.2) is 34.1 Å². The highest BCUT2D eigenvalue weighted by Crippen LogP contribution is 2.15. The molecule has 2 heterocycles. The lowest BCUT2D eigenvalue weighted by Crippen LogP contribution is -2.19. The van der Waals surface area contributed by atoms with E-state index in [9.17, 15) is 4.79 Å². The number of carbonyl (C=O) groups excluding carboxylic acids is 1. The molecule has 0 unspecified atom stereocenters. The average molecular weight is 261 g/mol. The van der Waals surface area contributed by atoms with Crippen LogP contribution in [0.5, 0.6) is 0 Å². The van der Waals surface area contributed by atoms with Gasteiger partial charge in [0.15, 0.2) is 0 Å². The zero-order valence-electron chi connectivity index (χ0n) is 10.7. The summed E-state index contributed by atoms with van der Waals surface area (Å²) < 4.78 is 6.61. The number of carbonyl (C=O) groups is 1. The highest BCUT2D eigenvalue weighted by Gasteiger charge is 2.15. The van der Waals surface area contributed by atoms with Gasteiger partial charge in [-0.3, -0.25) is 4.79 Å². The van der Waals surface area contributed by atoms with Crippen LogP contribution in [0.1, 0.15) is 36.0 Å². The third-order valence-electron chi connectivity index (χ3n) is 2.47. The number of nitrogens with one attached hydrogen (secondary N) is 1. The number of anilines is 1. The van der Waals surface area contributed by atoms with Crippen LogP contribution in [-0.2, 0) is 0 Å². The maximum atomic E-state index is 11.8. The van der Waals surface area contributed by atoms with Crippen molar-refractivity contribution in [3.05, 3.63) is 35.9 Å². The van der Waals surface area contributed by atoms with Crippen molar-refractivity contribution in [3.63, 3.8) is 0 Å². The van der Waals surface area contributed by atoms with Gasteiger partial charge in [-0.05, 0) is 26.0 Å². The summed E-state index contributed by atoms with van der Waals surface area (Å²) in [6.45, 7) is 3.86. The van der Waals surface area contributed by atoms with Gasteiger partial charge < -0.3 is 10.2 Å². The van der Waals surface area contributed by atoms with Gasteiger partial charge >= 0.3 is 0 Å². The van der Waals surface area contributed by atoms with Crippen molar-refractivity contribution >= 4 is 17.9 Å². The predicted molar refractivity (Wildman–Crippen MR) is 70.8 cm³/mol. The van der Waals surface area contributed by atoms with E-state index < -0.39 is 5.91 Å². The second-order valence-electron chi connectivity index (χ2n) is 4.20. The maximum absolute atomic E-state index is 11.8. The van der Waals surface area contributed by atoms with Crippen LogP contribution in [0.2, 0.25) is 0 Å². The Morgan fingerprint density at radius 3 is 3.00 bits per heavy atom. The number of hydrogen-bond donors (Lipinski definition) is 2. The molecule has 0 aliphatic rings. The Kier molecular flexibility index (Phi) is 3.65. The minimum Gasteiger partial charge on any atom is -0.463 e. The van der Waals surface area contributed by atoms with E-state index in [2.05, 4.69) is 15.6 Å². The Morgan fingerprint density at radius 1 is 1.63 bits per heavy atom. The molecule has 0 aliphatic heterocycles. The molecular formula is C12H15N5O2. The molecule has 19 heavy (non-hydrogen) atoms. The van der Waals surface area contributed by atoms with Gasteiger partial charge in [-0.25, -0.2) is 10.1 Å². The minimum atomic E-state index is -0.410. The van der Waals surface area contributed by atoms with E-state index in [1.54, 1.807) is 16.8 Å². The molecule has 0 saturated carbocycles. The fourth-order valence-electron chi connectivity index (χ4n) is 1.54. The maximum Gasteiger partial charge on any atom is 0.276 e. The minimum absolute atomic E-state index is 0.0909. The molecule has 100 valence electrons. The first kappa shape index (κ1) is 12.9. The summed E-state index contributed by atoms with van der Waals surface area (Å²) in [7, 11) is 0. The van der Waals surface area contributed by atoms with Crippen molar-refractivity contribution in [2.45, 2.75) is 19.9 Å². The Hall–Kier alpha value is -2.57. The fraction of sp³-hybridized carbons (Fsp3) is 0.250. The number of furan rings is 1. The summed E-state index contributed by atoms with van der Waals surface area (Å²) in [6, 6.07) is 3.54. The summed E-state index contributed by atoms with van der Waals surface area (Å²) >= 11 is 0. The molecule has 2 aromatic rings. The van der Waals surface area contributed by atoms with E-state index in [1.165, 1.54) is 18.7 Å². The van der Waals surface area contributed by atoms with E-state index in [0.29, 0.717) is 17.1 Å². The first-order valence-corrected chi connectivity index (χ1v) is 5.79. The van der Waals surface area contributed by atoms with Crippen molar-refractivity contribution in [1.82, 2.24) is 15.2 Å². The summed E-state index contributed by atoms with van der Waals surface area (Å²) in [5.41, 5.74) is 8.50. The highest BCUT2D eigenvalue weighted by atomic mass is 16.3. The third kappa shape index (κ3) is 2.82. The molecule has 0 saturated heterocycles. The van der Waals surface area contributed by atoms with Crippen LogP contribution in [0, 0.1) is 0 Å². The predicted octanol–water partition coefficient (Wildman–Crippen LogP) is 1.40. The number of nitrogens with zero attached hydrogens (tertiary/aromatic N) is 3. The number of hydrazone groups is 1. The molecule has 0 atom stereocenters. The van der Waals surface area contributed by atoms with Gasteiger partial charge in [0, 0.05) is 6.04 Å². The molecule has 7 heteroatoms. The van der Waals surface area contributed by atoms with E-state index >= 15 is 0 Å². The van der Waals surface area contributed by atoms with Gasteiger partial charge in [0.05, 0.1) is 18.7 Å². The van der Waals surface area contributed by atoms with Crippen molar-refractivity contribution in [2.24, 2.45) is 5.10 Å². The summed E-state index contributed by atoms with van der Waals surface area (Å²) in [5.74, 6) is 0.457. The molecule has 0 radical (unpaired) electrons. The topological polar surface area (TPSA) is 98.4 Å². The van der Waals surface area contributed by atoms with Gasteiger partial charge in [0.1, 0.15) is 17.1 Å². The smallest absolute Gasteiger partial charge is 0.276 e. The summed E-state index contributed by atoms with van der Waals surface area (Å²) in [4.78, 5) is 11.8. The Bertz CT molecular complexity index is 583. The monoisotopic (exact) mass is 261 g/mol. The van der Waals surface area contributed by atoms with Gasteiger partial charge in [-0.1, -0.05) is 0 Å². The van der Waals surface area contributed by atoms with Gasteiger partial charge in [0.2, 0.25) is 0 Å². The summed E-state index contributed by atoms with van der Waals surface area (Å²) in [5, 5.41) is 7.83. The Morgan fingerprint density at radius 2 is 2.42 bits per heavy atom. The largest absolute Gasteiger partial charge is 0.463 e. The Labute approximate surface area is 110 Å². The quantitative estimate of drug-likeness (QED) is 0.642. The Balaban J connectivity index is 2.04. The molecule has 2 rings (SSSR count). The standard InChI is InChI=1S/C12H15N5O2/c1-8(2)17-11(13)10(7-15-17)12(18)16-14-6-9-4-3-5-19-9/h3-8H,13H2,1-2H3,(H,16,18). The normalized spacial score (nSPS) is 11.3. The van der Waals surface area contributed by atoms with Crippen molar-refractivity contribution in [1.29, 1.82) is 0 Å². The molecule has 1 amide bonds. The van der Waals surface area contributed by atoms with Crippen LogP contribution in [0.25, 0.3) is 0 Å². The fourth-order valence-corrected chi connectivity index (χ4v) is 1.54. The SMILES string of the molecule is CC(C)n1ncc(C(=O)NN=Cc2ccco2)c1N. The van der Waals surface area contributed by atoms with Crippen LogP contribution in [0.3, 0.4) is 0 Å². The molecule has 0 aromatic carbocycles. The van der Waals surface area contributed by atoms with Crippen LogP contribution in [0.4, 0.5) is 5.82 Å². The van der Waals surface area contributed by atoms with Crippen LogP contribution < -0.4 is 11.2 Å². The molecule has 0 fully saturated rings. The van der Waals surface area contributed by atoms with Crippen LogP contribution >= 0.6 is 0 Å². The third-order valence-corrected chi connectivity index (χ3v) is 2.47. The average Bonchev–Trinajstić information content (AvgIpc) is 2.98. The number of hydrogen-bond acceptors (Lipinski definition) is 5. The van der Waals surface area contributed by atoms with Gasteiger partial charge in [0.25, 0.3) is 5.91 Å². The van der Waals surface area contributed by atoms with Crippen LogP contribution in [-0.4, -0.2) is 21.9 Å². The lowest BCUT2D eigenvalue weighted by molar-refractivity contribution is 0.0956. The van der Waals surface area contributed by atoms with E-state index in [4.69, 9.17) is 10.2 Å².